The van der Waals surface area contributed by atoms with Gasteiger partial charge in [-0.05, 0) is 60.4 Å². The van der Waals surface area contributed by atoms with Crippen LogP contribution in [-0.4, -0.2) is 29.7 Å². The Kier molecular flexibility index (Phi) is 6.95. The highest BCUT2D eigenvalue weighted by molar-refractivity contribution is 6.30. The van der Waals surface area contributed by atoms with Crippen LogP contribution in [-0.2, 0) is 27.3 Å². The number of pyridine rings is 1. The van der Waals surface area contributed by atoms with E-state index in [4.69, 9.17) is 21.1 Å². The molecule has 3 heterocycles. The van der Waals surface area contributed by atoms with Crippen LogP contribution < -0.4 is 5.56 Å². The Labute approximate surface area is 188 Å². The molecule has 1 saturated heterocycles. The van der Waals surface area contributed by atoms with Gasteiger partial charge in [0.1, 0.15) is 6.29 Å². The number of benzene rings is 1. The van der Waals surface area contributed by atoms with E-state index in [0.29, 0.717) is 24.0 Å². The highest BCUT2D eigenvalue weighted by Gasteiger charge is 2.25. The van der Waals surface area contributed by atoms with Crippen molar-refractivity contribution in [1.29, 1.82) is 0 Å². The van der Waals surface area contributed by atoms with Crippen molar-refractivity contribution in [1.82, 2.24) is 4.57 Å². The molecule has 0 bridgehead atoms. The number of rotatable bonds is 5. The van der Waals surface area contributed by atoms with Gasteiger partial charge in [0, 0.05) is 35.9 Å². The predicted octanol–water partition coefficient (Wildman–Crippen LogP) is 4.97. The maximum Gasteiger partial charge on any atom is 0.251 e. The Balaban J connectivity index is 1.75. The predicted molar refractivity (Wildman–Crippen MR) is 122 cm³/mol. The summed E-state index contributed by atoms with van der Waals surface area (Å²) >= 11 is 6.31. The first-order valence-corrected chi connectivity index (χ1v) is 11.6. The second kappa shape index (κ2) is 9.68. The Morgan fingerprint density at radius 2 is 1.97 bits per heavy atom. The number of carbonyl (C=O) groups excluding carboxylic acids is 1. The van der Waals surface area contributed by atoms with E-state index in [9.17, 15) is 9.59 Å². The van der Waals surface area contributed by atoms with Gasteiger partial charge in [-0.3, -0.25) is 4.79 Å². The van der Waals surface area contributed by atoms with Crippen LogP contribution in [0.15, 0.2) is 35.3 Å². The first-order chi connectivity index (χ1) is 15.0. The molecule has 2 aromatic rings. The molecular weight excluding hydrogens is 414 g/mol. The van der Waals surface area contributed by atoms with Crippen LogP contribution in [0.25, 0.3) is 11.1 Å². The van der Waals surface area contributed by atoms with Gasteiger partial charge >= 0.3 is 0 Å². The monoisotopic (exact) mass is 443 g/mol. The summed E-state index contributed by atoms with van der Waals surface area (Å²) in [5.41, 5.74) is 3.62. The number of aromatic nitrogens is 1. The molecule has 4 rings (SSSR count). The Bertz CT molecular complexity index is 994. The van der Waals surface area contributed by atoms with Crippen molar-refractivity contribution < 1.29 is 14.3 Å². The largest absolute Gasteiger partial charge is 0.378 e. The summed E-state index contributed by atoms with van der Waals surface area (Å²) in [7, 11) is 0. The van der Waals surface area contributed by atoms with Gasteiger partial charge in [0.05, 0.1) is 24.9 Å². The van der Waals surface area contributed by atoms with Crippen LogP contribution in [0.5, 0.6) is 0 Å². The van der Waals surface area contributed by atoms with Crippen LogP contribution in [0.2, 0.25) is 5.02 Å². The number of carbonyl (C=O) groups is 1. The molecule has 2 aliphatic heterocycles. The normalized spacial score (nSPS) is 22.2. The van der Waals surface area contributed by atoms with E-state index in [1.54, 1.807) is 16.8 Å². The standard InChI is InChI=1S/C25H30ClNO4/c1-16(2)24-9-17-6-7-19(26)10-22(17)23-12-25(29)27(13-18(23)15-31-24)20(14-28)11-21-5-3-4-8-30-21/h6-7,10,12-14,16,20-21,24H,3-5,8-9,11,15H2,1-2H3. The minimum atomic E-state index is -0.550. The third-order valence-corrected chi connectivity index (χ3v) is 6.67. The topological polar surface area (TPSA) is 57.5 Å². The summed E-state index contributed by atoms with van der Waals surface area (Å²) in [6.07, 6.45) is 7.08. The average molecular weight is 444 g/mol. The quantitative estimate of drug-likeness (QED) is 0.612. The molecule has 5 nitrogen and oxygen atoms in total. The molecule has 1 aromatic carbocycles. The number of hydrogen-bond donors (Lipinski definition) is 0. The molecule has 6 heteroatoms. The van der Waals surface area contributed by atoms with Gasteiger partial charge in [-0.2, -0.15) is 0 Å². The van der Waals surface area contributed by atoms with E-state index >= 15 is 0 Å². The molecule has 0 N–H and O–H groups in total. The molecule has 0 amide bonds. The van der Waals surface area contributed by atoms with Gasteiger partial charge in [-0.25, -0.2) is 0 Å². The number of halogens is 1. The Morgan fingerprint density at radius 1 is 1.16 bits per heavy atom. The van der Waals surface area contributed by atoms with Crippen molar-refractivity contribution in [2.24, 2.45) is 5.92 Å². The third-order valence-electron chi connectivity index (χ3n) is 6.44. The molecule has 3 unspecified atom stereocenters. The maximum atomic E-state index is 13.1. The molecule has 0 aliphatic carbocycles. The summed E-state index contributed by atoms with van der Waals surface area (Å²) in [6.45, 7) is 5.40. The third kappa shape index (κ3) is 4.94. The minimum Gasteiger partial charge on any atom is -0.378 e. The van der Waals surface area contributed by atoms with Crippen molar-refractivity contribution in [2.45, 2.75) is 70.8 Å². The zero-order chi connectivity index (χ0) is 22.0. The molecule has 0 spiro atoms. The fourth-order valence-corrected chi connectivity index (χ4v) is 4.76. The molecule has 3 atom stereocenters. The van der Waals surface area contributed by atoms with Crippen LogP contribution in [0.4, 0.5) is 0 Å². The number of fused-ring (bicyclic) bond motifs is 3. The Morgan fingerprint density at radius 3 is 2.68 bits per heavy atom. The smallest absolute Gasteiger partial charge is 0.251 e. The first kappa shape index (κ1) is 22.3. The fraction of sp³-hybridized carbons (Fsp3) is 0.520. The molecule has 1 aromatic heterocycles. The van der Waals surface area contributed by atoms with E-state index in [0.717, 1.165) is 60.8 Å². The number of nitrogens with zero attached hydrogens (tertiary/aromatic N) is 1. The van der Waals surface area contributed by atoms with Crippen LogP contribution >= 0.6 is 11.6 Å². The minimum absolute atomic E-state index is 0.0129. The Hall–Kier alpha value is -1.95. The van der Waals surface area contributed by atoms with Crippen LogP contribution in [0.1, 0.15) is 56.7 Å². The zero-order valence-electron chi connectivity index (χ0n) is 18.2. The van der Waals surface area contributed by atoms with Gasteiger partial charge in [0.2, 0.25) is 0 Å². The van der Waals surface area contributed by atoms with E-state index in [2.05, 4.69) is 13.8 Å². The number of hydrogen-bond acceptors (Lipinski definition) is 4. The van der Waals surface area contributed by atoms with Crippen LogP contribution in [0, 0.1) is 5.92 Å². The fourth-order valence-electron chi connectivity index (χ4n) is 4.59. The lowest BCUT2D eigenvalue weighted by Gasteiger charge is -2.29. The van der Waals surface area contributed by atoms with Gasteiger partial charge in [0.25, 0.3) is 5.56 Å². The van der Waals surface area contributed by atoms with E-state index in [1.807, 2.05) is 18.2 Å². The molecule has 0 saturated carbocycles. The lowest BCUT2D eigenvalue weighted by molar-refractivity contribution is -0.112. The highest BCUT2D eigenvalue weighted by Crippen LogP contribution is 2.34. The van der Waals surface area contributed by atoms with Crippen molar-refractivity contribution in [3.63, 3.8) is 0 Å². The highest BCUT2D eigenvalue weighted by atomic mass is 35.5. The second-order valence-electron chi connectivity index (χ2n) is 8.98. The average Bonchev–Trinajstić information content (AvgIpc) is 2.75. The lowest BCUT2D eigenvalue weighted by atomic mass is 9.89. The summed E-state index contributed by atoms with van der Waals surface area (Å²) in [4.78, 5) is 25.0. The molecule has 1 fully saturated rings. The SMILES string of the molecule is CC(C)C1Cc2ccc(Cl)cc2-c2cc(=O)n(C(C=O)CC3CCCCO3)cc2CO1. The van der Waals surface area contributed by atoms with Gasteiger partial charge in [-0.1, -0.05) is 31.5 Å². The molecule has 31 heavy (non-hydrogen) atoms. The van der Waals surface area contributed by atoms with Gasteiger partial charge < -0.3 is 18.8 Å². The van der Waals surface area contributed by atoms with Crippen LogP contribution in [0.3, 0.4) is 0 Å². The molecule has 166 valence electrons. The summed E-state index contributed by atoms with van der Waals surface area (Å²) < 4.78 is 13.6. The number of ether oxygens (including phenoxy) is 2. The zero-order valence-corrected chi connectivity index (χ0v) is 18.9. The summed E-state index contributed by atoms with van der Waals surface area (Å²) in [5.74, 6) is 0.349. The van der Waals surface area contributed by atoms with E-state index in [1.165, 1.54) is 0 Å². The maximum absolute atomic E-state index is 13.1. The molecule has 0 radical (unpaired) electrons. The van der Waals surface area contributed by atoms with Gasteiger partial charge in [0.15, 0.2) is 0 Å². The summed E-state index contributed by atoms with van der Waals surface area (Å²) in [5, 5.41) is 0.636. The van der Waals surface area contributed by atoms with Crippen molar-refractivity contribution >= 4 is 17.9 Å². The second-order valence-corrected chi connectivity index (χ2v) is 9.42. The van der Waals surface area contributed by atoms with Crippen molar-refractivity contribution in [3.8, 4) is 11.1 Å². The lowest BCUT2D eigenvalue weighted by Crippen LogP contribution is -2.31. The first-order valence-electron chi connectivity index (χ1n) is 11.2. The van der Waals surface area contributed by atoms with E-state index in [-0.39, 0.29) is 17.8 Å². The van der Waals surface area contributed by atoms with Crippen molar-refractivity contribution in [3.05, 3.63) is 57.0 Å². The van der Waals surface area contributed by atoms with Crippen molar-refractivity contribution in [2.75, 3.05) is 6.61 Å². The van der Waals surface area contributed by atoms with E-state index < -0.39 is 6.04 Å². The molecular formula is C25H30ClNO4. The summed E-state index contributed by atoms with van der Waals surface area (Å²) in [6, 6.07) is 6.90. The number of aldehydes is 1. The van der Waals surface area contributed by atoms with Gasteiger partial charge in [-0.15, -0.1) is 0 Å². The molecule has 2 aliphatic rings.